The van der Waals surface area contributed by atoms with Crippen LogP contribution in [0, 0.1) is 17.8 Å². The van der Waals surface area contributed by atoms with Gasteiger partial charge in [-0.05, 0) is 42.7 Å². The van der Waals surface area contributed by atoms with Crippen molar-refractivity contribution >= 4 is 17.1 Å². The maximum Gasteiger partial charge on any atom is 0.341 e. The van der Waals surface area contributed by atoms with Gasteiger partial charge in [-0.25, -0.2) is 13.9 Å². The molecule has 1 aliphatic carbocycles. The third-order valence-corrected chi connectivity index (χ3v) is 5.92. The number of nitrogens with zero attached hydrogens (tertiary/aromatic N) is 3. The summed E-state index contributed by atoms with van der Waals surface area (Å²) in [7, 11) is 2.01. The molecule has 0 radical (unpaired) electrons. The lowest BCUT2D eigenvalue weighted by Gasteiger charge is -2.36. The number of fused-ring (bicyclic) bond motifs is 1. The van der Waals surface area contributed by atoms with Gasteiger partial charge >= 0.3 is 11.6 Å². The molecule has 0 N–H and O–H groups in total. The van der Waals surface area contributed by atoms with Crippen LogP contribution >= 0.6 is 0 Å². The first-order valence-electron chi connectivity index (χ1n) is 9.93. The molecular formula is C21H32N3O2+. The summed E-state index contributed by atoms with van der Waals surface area (Å²) in [5.41, 5.74) is 1.89. The van der Waals surface area contributed by atoms with E-state index in [-0.39, 0.29) is 18.6 Å². The van der Waals surface area contributed by atoms with Crippen LogP contribution in [0.2, 0.25) is 0 Å². The number of ether oxygens (including phenoxy) is 1. The lowest BCUT2D eigenvalue weighted by atomic mass is 9.75. The molecule has 3 atom stereocenters. The van der Waals surface area contributed by atoms with Crippen LogP contribution in [-0.4, -0.2) is 21.6 Å². The summed E-state index contributed by atoms with van der Waals surface area (Å²) < 4.78 is 10.1. The van der Waals surface area contributed by atoms with Gasteiger partial charge in [0.05, 0.1) is 7.05 Å². The van der Waals surface area contributed by atoms with Gasteiger partial charge in [0, 0.05) is 6.42 Å². The molecule has 0 amide bonds. The zero-order valence-corrected chi connectivity index (χ0v) is 16.7. The number of aromatic nitrogens is 3. The molecular weight excluding hydrogens is 326 g/mol. The van der Waals surface area contributed by atoms with Gasteiger partial charge in [0.1, 0.15) is 12.3 Å². The van der Waals surface area contributed by atoms with Crippen LogP contribution in [0.5, 0.6) is 0 Å². The fourth-order valence-electron chi connectivity index (χ4n) is 4.49. The summed E-state index contributed by atoms with van der Waals surface area (Å²) in [5.74, 6) is 2.60. The first kappa shape index (κ1) is 18.9. The topological polar surface area (TPSA) is 48.0 Å². The highest BCUT2D eigenvalue weighted by atomic mass is 16.5. The van der Waals surface area contributed by atoms with E-state index in [4.69, 9.17) is 4.74 Å². The van der Waals surface area contributed by atoms with Crippen LogP contribution in [-0.2, 0) is 29.5 Å². The molecule has 1 saturated carbocycles. The Kier molecular flexibility index (Phi) is 5.64. The number of hydrogen-bond donors (Lipinski definition) is 0. The summed E-state index contributed by atoms with van der Waals surface area (Å²) in [6.45, 7) is 9.09. The molecule has 5 nitrogen and oxygen atoms in total. The molecule has 0 saturated heterocycles. The maximum absolute atomic E-state index is 12.8. The zero-order valence-electron chi connectivity index (χ0n) is 16.7. The van der Waals surface area contributed by atoms with Crippen LogP contribution < -0.4 is 4.57 Å². The SMILES string of the molecule is CCc1n(CC(=O)OC2C[C@H](C)CC[C@H]2C(C)C)c2cccnc2[n+]1C. The molecule has 26 heavy (non-hydrogen) atoms. The Morgan fingerprint density at radius 1 is 1.42 bits per heavy atom. The minimum Gasteiger partial charge on any atom is -0.460 e. The highest BCUT2D eigenvalue weighted by Gasteiger charge is 2.34. The molecule has 1 aliphatic rings. The Balaban J connectivity index is 1.81. The molecule has 1 unspecified atom stereocenters. The van der Waals surface area contributed by atoms with Crippen LogP contribution in [0.25, 0.3) is 11.2 Å². The van der Waals surface area contributed by atoms with Gasteiger partial charge in [-0.1, -0.05) is 34.1 Å². The van der Waals surface area contributed by atoms with E-state index < -0.39 is 0 Å². The summed E-state index contributed by atoms with van der Waals surface area (Å²) in [6.07, 6.45) is 6.06. The third-order valence-electron chi connectivity index (χ3n) is 5.92. The fraction of sp³-hybridized carbons (Fsp3) is 0.667. The molecule has 0 spiro atoms. The Bertz CT molecular complexity index is 781. The summed E-state index contributed by atoms with van der Waals surface area (Å²) in [5, 5.41) is 0. The van der Waals surface area contributed by atoms with E-state index in [1.165, 1.54) is 6.42 Å². The largest absolute Gasteiger partial charge is 0.460 e. The Labute approximate surface area is 156 Å². The van der Waals surface area contributed by atoms with E-state index >= 15 is 0 Å². The van der Waals surface area contributed by atoms with Crippen molar-refractivity contribution in [2.24, 2.45) is 24.8 Å². The molecule has 0 aromatic carbocycles. The van der Waals surface area contributed by atoms with Crippen molar-refractivity contribution < 1.29 is 14.1 Å². The van der Waals surface area contributed by atoms with Gasteiger partial charge in [-0.3, -0.25) is 0 Å². The van der Waals surface area contributed by atoms with Crippen molar-refractivity contribution in [2.45, 2.75) is 66.0 Å². The van der Waals surface area contributed by atoms with Crippen molar-refractivity contribution in [3.8, 4) is 0 Å². The van der Waals surface area contributed by atoms with Gasteiger partial charge < -0.3 is 4.74 Å². The predicted octanol–water partition coefficient (Wildman–Crippen LogP) is 3.43. The van der Waals surface area contributed by atoms with Crippen molar-refractivity contribution in [3.63, 3.8) is 0 Å². The lowest BCUT2D eigenvalue weighted by Crippen LogP contribution is -2.37. The third kappa shape index (κ3) is 3.62. The Morgan fingerprint density at radius 2 is 2.19 bits per heavy atom. The number of carbonyl (C=O) groups is 1. The minimum atomic E-state index is -0.134. The Morgan fingerprint density at radius 3 is 2.88 bits per heavy atom. The molecule has 5 heteroatoms. The zero-order chi connectivity index (χ0) is 18.8. The second kappa shape index (κ2) is 7.77. The molecule has 1 fully saturated rings. The average molecular weight is 359 g/mol. The van der Waals surface area contributed by atoms with Gasteiger partial charge in [0.15, 0.2) is 12.1 Å². The smallest absolute Gasteiger partial charge is 0.341 e. The van der Waals surface area contributed by atoms with Crippen molar-refractivity contribution in [1.29, 1.82) is 0 Å². The average Bonchev–Trinajstić information content (AvgIpc) is 2.86. The van der Waals surface area contributed by atoms with Crippen molar-refractivity contribution in [2.75, 3.05) is 0 Å². The normalized spacial score (nSPS) is 23.5. The van der Waals surface area contributed by atoms with Crippen molar-refractivity contribution in [1.82, 2.24) is 9.55 Å². The van der Waals surface area contributed by atoms with Crippen LogP contribution in [0.4, 0.5) is 0 Å². The van der Waals surface area contributed by atoms with E-state index in [1.807, 2.05) is 19.2 Å². The predicted molar refractivity (Wildman–Crippen MR) is 102 cm³/mol. The standard InChI is InChI=1S/C21H32N3O2/c1-6-19-23(5)21-17(8-7-11-22-21)24(19)13-20(25)26-18-12-15(4)9-10-16(18)14(2)3/h7-8,11,14-16,18H,6,9-10,12-13H2,1-5H3/q+1/t15-,16+,18?/m1/s1. The summed E-state index contributed by atoms with van der Waals surface area (Å²) >= 11 is 0. The van der Waals surface area contributed by atoms with Crippen LogP contribution in [0.1, 0.15) is 52.8 Å². The number of esters is 1. The quantitative estimate of drug-likeness (QED) is 0.608. The number of aryl methyl sites for hydroxylation is 1. The summed E-state index contributed by atoms with van der Waals surface area (Å²) in [4.78, 5) is 17.3. The van der Waals surface area contributed by atoms with Gasteiger partial charge in [-0.15, -0.1) is 4.98 Å². The van der Waals surface area contributed by atoms with Crippen molar-refractivity contribution in [3.05, 3.63) is 24.2 Å². The molecule has 0 aliphatic heterocycles. The summed E-state index contributed by atoms with van der Waals surface area (Å²) in [6, 6.07) is 3.94. The van der Waals surface area contributed by atoms with E-state index in [0.29, 0.717) is 17.8 Å². The van der Waals surface area contributed by atoms with E-state index in [0.717, 1.165) is 36.3 Å². The van der Waals surface area contributed by atoms with Crippen LogP contribution in [0.15, 0.2) is 18.3 Å². The number of hydrogen-bond acceptors (Lipinski definition) is 3. The van der Waals surface area contributed by atoms with E-state index in [1.54, 1.807) is 6.20 Å². The molecule has 2 aromatic heterocycles. The second-order valence-corrected chi connectivity index (χ2v) is 8.12. The first-order chi connectivity index (χ1) is 12.4. The molecule has 142 valence electrons. The highest BCUT2D eigenvalue weighted by molar-refractivity contribution is 5.74. The number of carbonyl (C=O) groups excluding carboxylic acids is 1. The number of rotatable bonds is 5. The molecule has 2 aromatic rings. The highest BCUT2D eigenvalue weighted by Crippen LogP contribution is 2.35. The first-order valence-corrected chi connectivity index (χ1v) is 9.93. The molecule has 2 heterocycles. The van der Waals surface area contributed by atoms with Crippen LogP contribution in [0.3, 0.4) is 0 Å². The molecule has 0 bridgehead atoms. The number of pyridine rings is 1. The van der Waals surface area contributed by atoms with Gasteiger partial charge in [0.2, 0.25) is 5.82 Å². The van der Waals surface area contributed by atoms with E-state index in [2.05, 4.69) is 41.8 Å². The number of imidazole rings is 1. The second-order valence-electron chi connectivity index (χ2n) is 8.12. The minimum absolute atomic E-state index is 0.0463. The molecule has 3 rings (SSSR count). The Hall–Kier alpha value is -1.91. The van der Waals surface area contributed by atoms with Gasteiger partial charge in [0.25, 0.3) is 0 Å². The maximum atomic E-state index is 12.8. The van der Waals surface area contributed by atoms with E-state index in [9.17, 15) is 4.79 Å². The lowest BCUT2D eigenvalue weighted by molar-refractivity contribution is -0.655. The monoisotopic (exact) mass is 358 g/mol. The fourth-order valence-corrected chi connectivity index (χ4v) is 4.49. The van der Waals surface area contributed by atoms with Gasteiger partial charge in [-0.2, -0.15) is 0 Å².